The van der Waals surface area contributed by atoms with Crippen LogP contribution in [0.2, 0.25) is 0 Å². The molecule has 0 spiro atoms. The van der Waals surface area contributed by atoms with Gasteiger partial charge in [-0.1, -0.05) is 0 Å². The summed E-state index contributed by atoms with van der Waals surface area (Å²) in [5.41, 5.74) is 0. The maximum Gasteiger partial charge on any atom is 0.0740 e. The van der Waals surface area contributed by atoms with Crippen LogP contribution in [-0.4, -0.2) is 20.1 Å². The Labute approximate surface area is 64.3 Å². The first-order chi connectivity index (χ1) is 2.81. The molecule has 54 valence electrons. The van der Waals surface area contributed by atoms with Crippen LogP contribution in [0.1, 0.15) is 13.8 Å². The SMILES string of the molecule is CC[NH+](C)CC.[Cl-].[Cl-]. The highest BCUT2D eigenvalue weighted by molar-refractivity contribution is 4.03. The molecule has 0 aliphatic heterocycles. The minimum Gasteiger partial charge on any atom is -1.00 e. The molecular weight excluding hydrogens is 145 g/mol. The zero-order chi connectivity index (χ0) is 4.99. The van der Waals surface area contributed by atoms with Crippen molar-refractivity contribution in [2.24, 2.45) is 0 Å². The molecule has 0 bridgehead atoms. The molecule has 0 saturated heterocycles. The van der Waals surface area contributed by atoms with Crippen molar-refractivity contribution in [1.29, 1.82) is 0 Å². The van der Waals surface area contributed by atoms with Crippen molar-refractivity contribution in [2.45, 2.75) is 13.8 Å². The molecule has 0 rings (SSSR count). The molecule has 0 aliphatic carbocycles. The molecule has 0 aromatic carbocycles. The van der Waals surface area contributed by atoms with E-state index in [2.05, 4.69) is 20.9 Å². The number of hydrogen-bond acceptors (Lipinski definition) is 0. The lowest BCUT2D eigenvalue weighted by Gasteiger charge is -2.04. The second-order valence-electron chi connectivity index (χ2n) is 1.66. The third kappa shape index (κ3) is 9.74. The van der Waals surface area contributed by atoms with E-state index < -0.39 is 0 Å². The Hall–Kier alpha value is 0.540. The van der Waals surface area contributed by atoms with Gasteiger partial charge in [0.2, 0.25) is 0 Å². The number of rotatable bonds is 2. The Balaban J connectivity index is -0.000000125. The van der Waals surface area contributed by atoms with E-state index in [0.717, 1.165) is 0 Å². The minimum atomic E-state index is 0. The normalized spacial score (nSPS) is 7.50. The zero-order valence-electron chi connectivity index (χ0n) is 5.67. The lowest BCUT2D eigenvalue weighted by Crippen LogP contribution is -3.08. The molecule has 1 nitrogen and oxygen atoms in total. The maximum absolute atomic E-state index is 2.19. The van der Waals surface area contributed by atoms with Gasteiger partial charge in [-0.25, -0.2) is 0 Å². The maximum atomic E-state index is 2.19. The van der Waals surface area contributed by atoms with Crippen LogP contribution in [0.5, 0.6) is 0 Å². The molecule has 0 heterocycles. The van der Waals surface area contributed by atoms with E-state index in [-0.39, 0.29) is 24.8 Å². The average Bonchev–Trinajstić information content (AvgIpc) is 1.65. The highest BCUT2D eigenvalue weighted by Crippen LogP contribution is 1.37. The van der Waals surface area contributed by atoms with Gasteiger partial charge in [0.15, 0.2) is 0 Å². The number of nitrogens with one attached hydrogen (secondary N) is 1. The van der Waals surface area contributed by atoms with Gasteiger partial charge in [0.25, 0.3) is 0 Å². The zero-order valence-corrected chi connectivity index (χ0v) is 7.18. The quantitative estimate of drug-likeness (QED) is 0.408. The van der Waals surface area contributed by atoms with Crippen molar-refractivity contribution in [1.82, 2.24) is 0 Å². The summed E-state index contributed by atoms with van der Waals surface area (Å²) in [4.78, 5) is 1.59. The number of quaternary nitrogens is 1. The summed E-state index contributed by atoms with van der Waals surface area (Å²) in [5, 5.41) is 0. The average molecular weight is 159 g/mol. The van der Waals surface area contributed by atoms with E-state index in [1.165, 1.54) is 13.1 Å². The first kappa shape index (κ1) is 15.8. The monoisotopic (exact) mass is 158 g/mol. The van der Waals surface area contributed by atoms with E-state index in [4.69, 9.17) is 0 Å². The van der Waals surface area contributed by atoms with Gasteiger partial charge in [0.1, 0.15) is 0 Å². The van der Waals surface area contributed by atoms with Crippen molar-refractivity contribution >= 4 is 0 Å². The van der Waals surface area contributed by atoms with Crippen molar-refractivity contribution in [3.05, 3.63) is 0 Å². The second kappa shape index (κ2) is 10.5. The molecule has 0 amide bonds. The third-order valence-electron chi connectivity index (χ3n) is 1.21. The van der Waals surface area contributed by atoms with Crippen LogP contribution >= 0.6 is 0 Å². The van der Waals surface area contributed by atoms with E-state index in [0.29, 0.717) is 0 Å². The van der Waals surface area contributed by atoms with Gasteiger partial charge in [-0.15, -0.1) is 0 Å². The van der Waals surface area contributed by atoms with Gasteiger partial charge in [-0.3, -0.25) is 0 Å². The van der Waals surface area contributed by atoms with Gasteiger partial charge in [0.05, 0.1) is 20.1 Å². The molecule has 0 fully saturated rings. The molecule has 0 aromatic heterocycles. The van der Waals surface area contributed by atoms with Gasteiger partial charge >= 0.3 is 0 Å². The number of halogens is 2. The fourth-order valence-corrected chi connectivity index (χ4v) is 0.250. The molecule has 0 saturated carbocycles. The van der Waals surface area contributed by atoms with E-state index in [9.17, 15) is 0 Å². The number of hydrogen-bond donors (Lipinski definition) is 1. The fourth-order valence-electron chi connectivity index (χ4n) is 0.250. The predicted molar refractivity (Wildman–Crippen MR) is 28.0 cm³/mol. The highest BCUT2D eigenvalue weighted by atomic mass is 35.5. The van der Waals surface area contributed by atoms with Crippen LogP contribution in [0, 0.1) is 0 Å². The molecule has 1 N–H and O–H groups in total. The molecule has 0 aliphatic rings. The Bertz CT molecular complexity index is 29.6. The lowest BCUT2D eigenvalue weighted by atomic mass is 10.6. The van der Waals surface area contributed by atoms with Crippen LogP contribution in [0.25, 0.3) is 0 Å². The Morgan fingerprint density at radius 1 is 1.00 bits per heavy atom. The molecule has 0 unspecified atom stereocenters. The van der Waals surface area contributed by atoms with Crippen LogP contribution in [0.3, 0.4) is 0 Å². The van der Waals surface area contributed by atoms with Crippen molar-refractivity contribution < 1.29 is 29.7 Å². The van der Waals surface area contributed by atoms with Gasteiger partial charge < -0.3 is 29.7 Å². The van der Waals surface area contributed by atoms with Crippen LogP contribution in [0.15, 0.2) is 0 Å². The summed E-state index contributed by atoms with van der Waals surface area (Å²) in [5.74, 6) is 0. The Morgan fingerprint density at radius 2 is 1.25 bits per heavy atom. The Morgan fingerprint density at radius 3 is 1.25 bits per heavy atom. The van der Waals surface area contributed by atoms with Crippen molar-refractivity contribution in [3.63, 3.8) is 0 Å². The van der Waals surface area contributed by atoms with E-state index >= 15 is 0 Å². The first-order valence-electron chi connectivity index (χ1n) is 2.62. The first-order valence-corrected chi connectivity index (χ1v) is 2.62. The smallest absolute Gasteiger partial charge is 0.0740 e. The molecule has 0 aromatic rings. The van der Waals surface area contributed by atoms with Crippen molar-refractivity contribution in [3.8, 4) is 0 Å². The van der Waals surface area contributed by atoms with E-state index in [1.807, 2.05) is 0 Å². The lowest BCUT2D eigenvalue weighted by molar-refractivity contribution is -0.875. The van der Waals surface area contributed by atoms with Gasteiger partial charge in [-0.2, -0.15) is 0 Å². The second-order valence-corrected chi connectivity index (χ2v) is 1.66. The highest BCUT2D eigenvalue weighted by Gasteiger charge is 1.85. The standard InChI is InChI=1S/C5H13N.2ClH/c1-4-6(3)5-2;;/h4-5H2,1-3H3;2*1H/p-1. The van der Waals surface area contributed by atoms with Crippen molar-refractivity contribution in [2.75, 3.05) is 20.1 Å². The van der Waals surface area contributed by atoms with Gasteiger partial charge in [0, 0.05) is 0 Å². The summed E-state index contributed by atoms with van der Waals surface area (Å²) in [6.07, 6.45) is 0. The fraction of sp³-hybridized carbons (Fsp3) is 1.00. The largest absolute Gasteiger partial charge is 1.00 e. The molecule has 0 atom stereocenters. The Kier molecular flexibility index (Phi) is 20.8. The van der Waals surface area contributed by atoms with Crippen LogP contribution < -0.4 is 29.7 Å². The van der Waals surface area contributed by atoms with Crippen LogP contribution in [0.4, 0.5) is 0 Å². The van der Waals surface area contributed by atoms with Gasteiger partial charge in [-0.05, 0) is 13.8 Å². The third-order valence-corrected chi connectivity index (χ3v) is 1.21. The summed E-state index contributed by atoms with van der Waals surface area (Å²) < 4.78 is 0. The van der Waals surface area contributed by atoms with E-state index in [1.54, 1.807) is 4.90 Å². The molecule has 8 heavy (non-hydrogen) atoms. The molecule has 0 radical (unpaired) electrons. The summed E-state index contributed by atoms with van der Waals surface area (Å²) >= 11 is 0. The molecule has 3 heteroatoms. The predicted octanol–water partition coefficient (Wildman–Crippen LogP) is -6.45. The topological polar surface area (TPSA) is 4.44 Å². The minimum absolute atomic E-state index is 0. The van der Waals surface area contributed by atoms with Crippen LogP contribution in [-0.2, 0) is 0 Å². The summed E-state index contributed by atoms with van der Waals surface area (Å²) in [7, 11) is 2.19. The summed E-state index contributed by atoms with van der Waals surface area (Å²) in [6.45, 7) is 6.88. The summed E-state index contributed by atoms with van der Waals surface area (Å²) in [6, 6.07) is 0. The molecular formula is C5H14Cl2N-.